The summed E-state index contributed by atoms with van der Waals surface area (Å²) in [6.45, 7) is 11.4. The summed E-state index contributed by atoms with van der Waals surface area (Å²) in [7, 11) is 0. The molecule has 2 N–H and O–H groups in total. The van der Waals surface area contributed by atoms with Gasteiger partial charge in [-0.05, 0) is 22.5 Å². The van der Waals surface area contributed by atoms with E-state index < -0.39 is 28.6 Å². The second kappa shape index (κ2) is 8.38. The fourth-order valence-corrected chi connectivity index (χ4v) is 4.72. The molecule has 2 aromatic rings. The van der Waals surface area contributed by atoms with Gasteiger partial charge in [0.1, 0.15) is 12.4 Å². The number of carbonyl (C=O) groups is 2. The number of ether oxygens (including phenoxy) is 1. The standard InChI is InChI=1S/C24H31NO5/c1-22(2,3)24(23(4,5)6,25(20(26)27)21(28)29)18-14-10-11-15-19(18)30-16-17-12-8-7-9-13-17/h7-15H,16H2,1-6H3,(H,26,27)(H,28,29). The maximum Gasteiger partial charge on any atom is 0.417 e. The van der Waals surface area contributed by atoms with Crippen molar-refractivity contribution >= 4 is 12.2 Å². The van der Waals surface area contributed by atoms with Crippen LogP contribution >= 0.6 is 0 Å². The molecule has 0 unspecified atom stereocenters. The minimum Gasteiger partial charge on any atom is -0.489 e. The lowest BCUT2D eigenvalue weighted by molar-refractivity contribution is -0.0679. The number of hydrogen-bond acceptors (Lipinski definition) is 3. The molecular weight excluding hydrogens is 382 g/mol. The summed E-state index contributed by atoms with van der Waals surface area (Å²) in [4.78, 5) is 25.0. The molecule has 2 rings (SSSR count). The summed E-state index contributed by atoms with van der Waals surface area (Å²) < 4.78 is 6.12. The van der Waals surface area contributed by atoms with Gasteiger partial charge in [0, 0.05) is 5.56 Å². The summed E-state index contributed by atoms with van der Waals surface area (Å²) in [5.41, 5.74) is -1.52. The zero-order chi connectivity index (χ0) is 22.7. The van der Waals surface area contributed by atoms with E-state index in [4.69, 9.17) is 4.74 Å². The van der Waals surface area contributed by atoms with E-state index >= 15 is 0 Å². The van der Waals surface area contributed by atoms with Crippen molar-refractivity contribution in [3.63, 3.8) is 0 Å². The minimum absolute atomic E-state index is 0.280. The molecule has 2 aromatic carbocycles. The van der Waals surface area contributed by atoms with Gasteiger partial charge in [-0.15, -0.1) is 0 Å². The van der Waals surface area contributed by atoms with Gasteiger partial charge in [-0.25, -0.2) is 14.5 Å². The lowest BCUT2D eigenvalue weighted by Gasteiger charge is -2.57. The molecule has 0 aliphatic carbocycles. The molecule has 0 aromatic heterocycles. The molecule has 0 aliphatic heterocycles. The highest BCUT2D eigenvalue weighted by molar-refractivity contribution is 5.87. The van der Waals surface area contributed by atoms with Crippen LogP contribution in [0.2, 0.25) is 0 Å². The van der Waals surface area contributed by atoms with E-state index in [2.05, 4.69) is 0 Å². The third kappa shape index (κ3) is 4.13. The fourth-order valence-electron chi connectivity index (χ4n) is 4.72. The molecule has 0 fully saturated rings. The molecule has 0 saturated carbocycles. The monoisotopic (exact) mass is 413 g/mol. The Hall–Kier alpha value is -3.02. The average molecular weight is 414 g/mol. The Morgan fingerprint density at radius 2 is 1.27 bits per heavy atom. The number of para-hydroxylation sites is 1. The number of imide groups is 1. The molecule has 0 aliphatic rings. The van der Waals surface area contributed by atoms with E-state index in [0.717, 1.165) is 5.56 Å². The van der Waals surface area contributed by atoms with Crippen LogP contribution in [0, 0.1) is 10.8 Å². The second-order valence-corrected chi connectivity index (χ2v) is 9.38. The van der Waals surface area contributed by atoms with Gasteiger partial charge in [0.2, 0.25) is 0 Å². The summed E-state index contributed by atoms with van der Waals surface area (Å²) in [5.74, 6) is 0.457. The normalized spacial score (nSPS) is 12.3. The number of amides is 2. The van der Waals surface area contributed by atoms with E-state index in [1.165, 1.54) is 0 Å². The van der Waals surface area contributed by atoms with Crippen LogP contribution in [0.1, 0.15) is 52.7 Å². The van der Waals surface area contributed by atoms with Crippen LogP contribution in [-0.4, -0.2) is 27.3 Å². The minimum atomic E-state index is -1.52. The highest BCUT2D eigenvalue weighted by atomic mass is 16.5. The Kier molecular flexibility index (Phi) is 6.50. The predicted octanol–water partition coefficient (Wildman–Crippen LogP) is 6.21. The van der Waals surface area contributed by atoms with E-state index in [1.54, 1.807) is 24.3 Å². The molecule has 0 saturated heterocycles. The highest BCUT2D eigenvalue weighted by Crippen LogP contribution is 2.57. The van der Waals surface area contributed by atoms with E-state index in [0.29, 0.717) is 16.2 Å². The third-order valence-corrected chi connectivity index (χ3v) is 5.40. The van der Waals surface area contributed by atoms with Crippen molar-refractivity contribution in [1.29, 1.82) is 0 Å². The Labute approximate surface area is 178 Å². The van der Waals surface area contributed by atoms with Gasteiger partial charge in [0.05, 0.1) is 5.54 Å². The molecule has 0 atom stereocenters. The number of nitrogens with zero attached hydrogens (tertiary/aromatic N) is 1. The summed E-state index contributed by atoms with van der Waals surface area (Å²) >= 11 is 0. The molecule has 0 radical (unpaired) electrons. The van der Waals surface area contributed by atoms with Crippen LogP contribution in [0.5, 0.6) is 5.75 Å². The second-order valence-electron chi connectivity index (χ2n) is 9.38. The van der Waals surface area contributed by atoms with Crippen molar-refractivity contribution < 1.29 is 24.5 Å². The number of benzene rings is 2. The predicted molar refractivity (Wildman–Crippen MR) is 116 cm³/mol. The van der Waals surface area contributed by atoms with Gasteiger partial charge < -0.3 is 14.9 Å². The number of carboxylic acid groups (broad SMARTS) is 2. The van der Waals surface area contributed by atoms with Crippen LogP contribution in [-0.2, 0) is 12.1 Å². The largest absolute Gasteiger partial charge is 0.489 e. The van der Waals surface area contributed by atoms with Crippen molar-refractivity contribution in [2.45, 2.75) is 53.7 Å². The molecule has 30 heavy (non-hydrogen) atoms. The van der Waals surface area contributed by atoms with Crippen molar-refractivity contribution in [2.24, 2.45) is 10.8 Å². The first-order chi connectivity index (χ1) is 13.8. The van der Waals surface area contributed by atoms with Crippen LogP contribution < -0.4 is 4.74 Å². The molecule has 0 bridgehead atoms. The first-order valence-corrected chi connectivity index (χ1v) is 9.86. The quantitative estimate of drug-likeness (QED) is 0.608. The van der Waals surface area contributed by atoms with E-state index in [1.807, 2.05) is 71.9 Å². The van der Waals surface area contributed by atoms with Gasteiger partial charge >= 0.3 is 12.2 Å². The van der Waals surface area contributed by atoms with Gasteiger partial charge in [-0.2, -0.15) is 0 Å². The Morgan fingerprint density at radius 3 is 1.73 bits per heavy atom. The van der Waals surface area contributed by atoms with Gasteiger partial charge in [-0.3, -0.25) is 0 Å². The number of hydrogen-bond donors (Lipinski definition) is 2. The molecular formula is C24H31NO5. The zero-order valence-electron chi connectivity index (χ0n) is 18.5. The van der Waals surface area contributed by atoms with Crippen molar-refractivity contribution in [3.05, 3.63) is 65.7 Å². The third-order valence-electron chi connectivity index (χ3n) is 5.40. The van der Waals surface area contributed by atoms with Crippen molar-refractivity contribution in [2.75, 3.05) is 0 Å². The van der Waals surface area contributed by atoms with Crippen molar-refractivity contribution in [3.8, 4) is 5.75 Å². The molecule has 6 nitrogen and oxygen atoms in total. The maximum atomic E-state index is 12.2. The maximum absolute atomic E-state index is 12.2. The molecule has 6 heteroatoms. The van der Waals surface area contributed by atoms with Crippen molar-refractivity contribution in [1.82, 2.24) is 4.90 Å². The highest BCUT2D eigenvalue weighted by Gasteiger charge is 2.61. The van der Waals surface area contributed by atoms with Crippen LogP contribution in [0.25, 0.3) is 0 Å². The van der Waals surface area contributed by atoms with Gasteiger partial charge in [0.15, 0.2) is 0 Å². The molecule has 162 valence electrons. The lowest BCUT2D eigenvalue weighted by atomic mass is 9.56. The van der Waals surface area contributed by atoms with Gasteiger partial charge in [0.25, 0.3) is 0 Å². The fraction of sp³-hybridized carbons (Fsp3) is 0.417. The molecule has 2 amide bonds. The number of rotatable bonds is 5. The Morgan fingerprint density at radius 1 is 0.800 bits per heavy atom. The molecule has 0 spiro atoms. The van der Waals surface area contributed by atoms with Crippen LogP contribution in [0.4, 0.5) is 9.59 Å². The summed E-state index contributed by atoms with van der Waals surface area (Å²) in [6.07, 6.45) is -3.05. The van der Waals surface area contributed by atoms with E-state index in [-0.39, 0.29) is 6.61 Å². The SMILES string of the molecule is CC(C)(C)C(c1ccccc1OCc1ccccc1)(N(C(=O)O)C(=O)O)C(C)(C)C. The lowest BCUT2D eigenvalue weighted by Crippen LogP contribution is -2.64. The topological polar surface area (TPSA) is 87.1 Å². The molecule has 0 heterocycles. The van der Waals surface area contributed by atoms with Crippen LogP contribution in [0.3, 0.4) is 0 Å². The first-order valence-electron chi connectivity index (χ1n) is 9.86. The Balaban J connectivity index is 2.77. The Bertz CT molecular complexity index is 866. The van der Waals surface area contributed by atoms with Gasteiger partial charge in [-0.1, -0.05) is 90.1 Å². The van der Waals surface area contributed by atoms with Crippen LogP contribution in [0.15, 0.2) is 54.6 Å². The average Bonchev–Trinajstić information content (AvgIpc) is 2.62. The summed E-state index contributed by atoms with van der Waals surface area (Å²) in [6, 6.07) is 16.7. The summed E-state index contributed by atoms with van der Waals surface area (Å²) in [5, 5.41) is 19.9. The zero-order valence-corrected chi connectivity index (χ0v) is 18.5. The first kappa shape index (κ1) is 23.3. The smallest absolute Gasteiger partial charge is 0.417 e. The van der Waals surface area contributed by atoms with E-state index in [9.17, 15) is 19.8 Å².